The van der Waals surface area contributed by atoms with Crippen LogP contribution in [0, 0.1) is 12.7 Å². The van der Waals surface area contributed by atoms with Crippen molar-refractivity contribution < 1.29 is 18.7 Å². The van der Waals surface area contributed by atoms with Crippen molar-refractivity contribution >= 4 is 11.8 Å². The van der Waals surface area contributed by atoms with Crippen LogP contribution in [-0.4, -0.2) is 35.4 Å². The molecule has 2 atom stereocenters. The Morgan fingerprint density at radius 3 is 2.38 bits per heavy atom. The topological polar surface area (TPSA) is 58.6 Å². The Labute approximate surface area is 171 Å². The second-order valence-corrected chi connectivity index (χ2v) is 7.20. The molecule has 0 radical (unpaired) electrons. The Bertz CT molecular complexity index is 823. The largest absolute Gasteiger partial charge is 0.484 e. The first kappa shape index (κ1) is 22.4. The molecule has 0 fully saturated rings. The standard InChI is InChI=1S/C23H29FN2O3/c1-5-17(3)25-23(28)18(4)26(14-19-10-12-20(24)13-11-19)22(27)15-29-21-9-7-6-8-16(21)2/h6-13,17-18H,5,14-15H2,1-4H3,(H,25,28)/t17-,18+/m1/s1. The number of carbonyl (C=O) groups is 2. The summed E-state index contributed by atoms with van der Waals surface area (Å²) in [5.74, 6) is -0.272. The van der Waals surface area contributed by atoms with Crippen LogP contribution in [0.4, 0.5) is 4.39 Å². The van der Waals surface area contributed by atoms with Crippen LogP contribution in [0.5, 0.6) is 5.75 Å². The molecule has 0 aliphatic rings. The number of hydrogen-bond acceptors (Lipinski definition) is 3. The minimum Gasteiger partial charge on any atom is -0.484 e. The summed E-state index contributed by atoms with van der Waals surface area (Å²) in [6.07, 6.45) is 0.792. The van der Waals surface area contributed by atoms with E-state index in [0.717, 1.165) is 17.5 Å². The fourth-order valence-electron chi connectivity index (χ4n) is 2.78. The SMILES string of the molecule is CC[C@@H](C)NC(=O)[C@H](C)N(Cc1ccc(F)cc1)C(=O)COc1ccccc1C. The number of para-hydroxylation sites is 1. The van der Waals surface area contributed by atoms with Crippen molar-refractivity contribution in [2.75, 3.05) is 6.61 Å². The van der Waals surface area contributed by atoms with E-state index in [1.807, 2.05) is 39.0 Å². The number of halogens is 1. The molecule has 2 aromatic rings. The maximum atomic E-state index is 13.2. The summed E-state index contributed by atoms with van der Waals surface area (Å²) in [6.45, 7) is 7.48. The van der Waals surface area contributed by atoms with Gasteiger partial charge in [0.2, 0.25) is 5.91 Å². The lowest BCUT2D eigenvalue weighted by atomic mass is 10.1. The van der Waals surface area contributed by atoms with Crippen LogP contribution in [0.15, 0.2) is 48.5 Å². The predicted octanol–water partition coefficient (Wildman–Crippen LogP) is 3.84. The molecule has 2 rings (SSSR count). The van der Waals surface area contributed by atoms with Crippen molar-refractivity contribution in [3.05, 3.63) is 65.5 Å². The Hall–Kier alpha value is -2.89. The summed E-state index contributed by atoms with van der Waals surface area (Å²) in [5, 5.41) is 2.91. The molecule has 2 aromatic carbocycles. The molecule has 29 heavy (non-hydrogen) atoms. The van der Waals surface area contributed by atoms with Crippen LogP contribution in [0.25, 0.3) is 0 Å². The molecule has 0 aliphatic carbocycles. The van der Waals surface area contributed by atoms with Gasteiger partial charge in [-0.2, -0.15) is 0 Å². The van der Waals surface area contributed by atoms with Gasteiger partial charge in [0.1, 0.15) is 17.6 Å². The summed E-state index contributed by atoms with van der Waals surface area (Å²) in [6, 6.07) is 12.6. The number of aryl methyl sites for hydroxylation is 1. The third-order valence-corrected chi connectivity index (χ3v) is 4.88. The molecule has 0 aromatic heterocycles. The van der Waals surface area contributed by atoms with Crippen molar-refractivity contribution in [1.82, 2.24) is 10.2 Å². The summed E-state index contributed by atoms with van der Waals surface area (Å²) in [5.41, 5.74) is 1.66. The molecule has 156 valence electrons. The lowest BCUT2D eigenvalue weighted by Gasteiger charge is -2.29. The first-order valence-electron chi connectivity index (χ1n) is 9.84. The molecule has 1 N–H and O–H groups in total. The number of nitrogens with zero attached hydrogens (tertiary/aromatic N) is 1. The fraction of sp³-hybridized carbons (Fsp3) is 0.391. The van der Waals surface area contributed by atoms with E-state index in [-0.39, 0.29) is 36.8 Å². The quantitative estimate of drug-likeness (QED) is 0.696. The highest BCUT2D eigenvalue weighted by molar-refractivity contribution is 5.88. The van der Waals surface area contributed by atoms with Gasteiger partial charge < -0.3 is 15.0 Å². The van der Waals surface area contributed by atoms with E-state index in [9.17, 15) is 14.0 Å². The van der Waals surface area contributed by atoms with Gasteiger partial charge in [0.15, 0.2) is 6.61 Å². The molecular weight excluding hydrogens is 371 g/mol. The van der Waals surface area contributed by atoms with Gasteiger partial charge in [-0.1, -0.05) is 37.3 Å². The van der Waals surface area contributed by atoms with Crippen LogP contribution < -0.4 is 10.1 Å². The number of rotatable bonds is 9. The minimum absolute atomic E-state index is 0.0101. The fourth-order valence-corrected chi connectivity index (χ4v) is 2.78. The summed E-state index contributed by atoms with van der Waals surface area (Å²) >= 11 is 0. The molecule has 2 amide bonds. The van der Waals surface area contributed by atoms with E-state index in [0.29, 0.717) is 5.75 Å². The average Bonchev–Trinajstić information content (AvgIpc) is 2.71. The molecule has 0 saturated carbocycles. The zero-order valence-electron chi connectivity index (χ0n) is 17.4. The van der Waals surface area contributed by atoms with E-state index < -0.39 is 6.04 Å². The van der Waals surface area contributed by atoms with E-state index >= 15 is 0 Å². The molecule has 0 spiro atoms. The molecule has 0 saturated heterocycles. The molecule has 0 unspecified atom stereocenters. The zero-order chi connectivity index (χ0) is 21.4. The molecule has 0 bridgehead atoms. The normalized spacial score (nSPS) is 12.7. The maximum absolute atomic E-state index is 13.2. The lowest BCUT2D eigenvalue weighted by molar-refractivity contribution is -0.142. The average molecular weight is 400 g/mol. The number of benzene rings is 2. The van der Waals surface area contributed by atoms with Gasteiger partial charge in [0.05, 0.1) is 0 Å². The van der Waals surface area contributed by atoms with Gasteiger partial charge in [-0.05, 0) is 56.5 Å². The number of nitrogens with one attached hydrogen (secondary N) is 1. The van der Waals surface area contributed by atoms with Gasteiger partial charge in [-0.3, -0.25) is 9.59 Å². The number of hydrogen-bond donors (Lipinski definition) is 1. The number of carbonyl (C=O) groups excluding carboxylic acids is 2. The summed E-state index contributed by atoms with van der Waals surface area (Å²) in [7, 11) is 0. The highest BCUT2D eigenvalue weighted by Gasteiger charge is 2.27. The molecule has 5 nitrogen and oxygen atoms in total. The van der Waals surface area contributed by atoms with Crippen LogP contribution in [0.3, 0.4) is 0 Å². The minimum atomic E-state index is -0.693. The third-order valence-electron chi connectivity index (χ3n) is 4.88. The zero-order valence-corrected chi connectivity index (χ0v) is 17.4. The van der Waals surface area contributed by atoms with Crippen molar-refractivity contribution in [3.63, 3.8) is 0 Å². The van der Waals surface area contributed by atoms with Gasteiger partial charge in [-0.25, -0.2) is 4.39 Å². The first-order valence-corrected chi connectivity index (χ1v) is 9.84. The lowest BCUT2D eigenvalue weighted by Crippen LogP contribution is -2.50. The van der Waals surface area contributed by atoms with Gasteiger partial charge in [0.25, 0.3) is 5.91 Å². The second kappa shape index (κ2) is 10.6. The van der Waals surface area contributed by atoms with Crippen LogP contribution in [0.1, 0.15) is 38.3 Å². The van der Waals surface area contributed by atoms with Crippen molar-refractivity contribution in [1.29, 1.82) is 0 Å². The second-order valence-electron chi connectivity index (χ2n) is 7.20. The van der Waals surface area contributed by atoms with E-state index in [4.69, 9.17) is 4.74 Å². The molecule has 6 heteroatoms. The third kappa shape index (κ3) is 6.59. The van der Waals surface area contributed by atoms with Gasteiger partial charge >= 0.3 is 0 Å². The maximum Gasteiger partial charge on any atom is 0.261 e. The van der Waals surface area contributed by atoms with Crippen molar-refractivity contribution in [2.45, 2.75) is 52.7 Å². The summed E-state index contributed by atoms with van der Waals surface area (Å²) < 4.78 is 18.9. The Morgan fingerprint density at radius 1 is 1.10 bits per heavy atom. The van der Waals surface area contributed by atoms with E-state index in [1.165, 1.54) is 17.0 Å². The predicted molar refractivity (Wildman–Crippen MR) is 111 cm³/mol. The van der Waals surface area contributed by atoms with Gasteiger partial charge in [0, 0.05) is 12.6 Å². The Morgan fingerprint density at radius 2 is 1.76 bits per heavy atom. The van der Waals surface area contributed by atoms with Crippen molar-refractivity contribution in [3.8, 4) is 5.75 Å². The Balaban J connectivity index is 2.15. The first-order chi connectivity index (χ1) is 13.8. The molecule has 0 heterocycles. The number of amides is 2. The highest BCUT2D eigenvalue weighted by Crippen LogP contribution is 2.17. The summed E-state index contributed by atoms with van der Waals surface area (Å²) in [4.78, 5) is 27.0. The molecule has 0 aliphatic heterocycles. The number of ether oxygens (including phenoxy) is 1. The van der Waals surface area contributed by atoms with Crippen LogP contribution >= 0.6 is 0 Å². The van der Waals surface area contributed by atoms with Gasteiger partial charge in [-0.15, -0.1) is 0 Å². The molecular formula is C23H29FN2O3. The smallest absolute Gasteiger partial charge is 0.261 e. The highest BCUT2D eigenvalue weighted by atomic mass is 19.1. The monoisotopic (exact) mass is 400 g/mol. The van der Waals surface area contributed by atoms with Crippen molar-refractivity contribution in [2.24, 2.45) is 0 Å². The Kier molecular flexibility index (Phi) is 8.19. The van der Waals surface area contributed by atoms with E-state index in [2.05, 4.69) is 5.32 Å². The van der Waals surface area contributed by atoms with Crippen LogP contribution in [-0.2, 0) is 16.1 Å². The van der Waals surface area contributed by atoms with Crippen LogP contribution in [0.2, 0.25) is 0 Å². The van der Waals surface area contributed by atoms with E-state index in [1.54, 1.807) is 25.1 Å².